The van der Waals surface area contributed by atoms with Crippen molar-refractivity contribution in [1.82, 2.24) is 20.3 Å². The average molecular weight is 273 g/mol. The first-order valence-electron chi connectivity index (χ1n) is 5.42. The lowest BCUT2D eigenvalue weighted by Crippen LogP contribution is -2.20. The van der Waals surface area contributed by atoms with Gasteiger partial charge in [-0.3, -0.25) is 0 Å². The van der Waals surface area contributed by atoms with Gasteiger partial charge in [0.15, 0.2) is 0 Å². The molecule has 0 spiro atoms. The molecule has 0 aliphatic heterocycles. The number of halogens is 1. The molecule has 6 heteroatoms. The zero-order valence-corrected chi connectivity index (χ0v) is 11.6. The number of aromatic amines is 1. The van der Waals surface area contributed by atoms with Crippen LogP contribution in [0.3, 0.4) is 0 Å². The molecule has 1 atom stereocenters. The molecular formula is C11H17ClN4S. The van der Waals surface area contributed by atoms with Crippen molar-refractivity contribution in [3.05, 3.63) is 34.3 Å². The van der Waals surface area contributed by atoms with Gasteiger partial charge in [-0.1, -0.05) is 6.92 Å². The van der Waals surface area contributed by atoms with Crippen LogP contribution in [0.15, 0.2) is 17.9 Å². The smallest absolute Gasteiger partial charge is 0.110 e. The molecule has 2 heterocycles. The predicted molar refractivity (Wildman–Crippen MR) is 72.6 cm³/mol. The molecule has 94 valence electrons. The number of hydrogen-bond acceptors (Lipinski definition) is 4. The molecule has 0 aromatic carbocycles. The van der Waals surface area contributed by atoms with E-state index in [-0.39, 0.29) is 12.4 Å². The van der Waals surface area contributed by atoms with Gasteiger partial charge in [0.05, 0.1) is 12.4 Å². The van der Waals surface area contributed by atoms with E-state index in [0.717, 1.165) is 24.4 Å². The number of rotatable bonds is 5. The summed E-state index contributed by atoms with van der Waals surface area (Å²) < 4.78 is 0. The molecule has 0 fully saturated rings. The van der Waals surface area contributed by atoms with Crippen molar-refractivity contribution in [2.75, 3.05) is 0 Å². The Morgan fingerprint density at radius 2 is 2.35 bits per heavy atom. The van der Waals surface area contributed by atoms with Crippen LogP contribution in [0, 0.1) is 6.92 Å². The lowest BCUT2D eigenvalue weighted by molar-refractivity contribution is 0.512. The average Bonchev–Trinajstić information content (AvgIpc) is 2.91. The van der Waals surface area contributed by atoms with E-state index < -0.39 is 0 Å². The lowest BCUT2D eigenvalue weighted by atomic mass is 10.2. The van der Waals surface area contributed by atoms with Gasteiger partial charge in [0.25, 0.3) is 0 Å². The fourth-order valence-electron chi connectivity index (χ4n) is 1.55. The van der Waals surface area contributed by atoms with E-state index in [1.807, 2.05) is 13.1 Å². The first kappa shape index (κ1) is 14.2. The van der Waals surface area contributed by atoms with Gasteiger partial charge in [-0.25, -0.2) is 9.97 Å². The van der Waals surface area contributed by atoms with E-state index >= 15 is 0 Å². The van der Waals surface area contributed by atoms with Gasteiger partial charge in [-0.2, -0.15) is 0 Å². The van der Waals surface area contributed by atoms with Crippen LogP contribution >= 0.6 is 23.7 Å². The molecule has 0 aliphatic carbocycles. The van der Waals surface area contributed by atoms with Crippen molar-refractivity contribution >= 4 is 23.7 Å². The topological polar surface area (TPSA) is 53.6 Å². The molecule has 2 rings (SSSR count). The van der Waals surface area contributed by atoms with E-state index in [1.165, 1.54) is 5.01 Å². The summed E-state index contributed by atoms with van der Waals surface area (Å²) in [5.41, 5.74) is 2.20. The summed E-state index contributed by atoms with van der Waals surface area (Å²) in [5, 5.41) is 6.74. The van der Waals surface area contributed by atoms with Crippen molar-refractivity contribution in [3.8, 4) is 0 Å². The summed E-state index contributed by atoms with van der Waals surface area (Å²) in [7, 11) is 0. The summed E-state index contributed by atoms with van der Waals surface area (Å²) in [5.74, 6) is 0. The molecule has 0 radical (unpaired) electrons. The Morgan fingerprint density at radius 1 is 1.53 bits per heavy atom. The summed E-state index contributed by atoms with van der Waals surface area (Å²) in [6.45, 7) is 5.00. The third-order valence-corrected chi connectivity index (χ3v) is 3.51. The molecule has 0 bridgehead atoms. The normalized spacial score (nSPS) is 12.1. The van der Waals surface area contributed by atoms with Crippen LogP contribution in [-0.4, -0.2) is 15.0 Å². The minimum atomic E-state index is 0. The molecule has 4 nitrogen and oxygen atoms in total. The van der Waals surface area contributed by atoms with Crippen LogP contribution in [-0.2, 0) is 6.54 Å². The van der Waals surface area contributed by atoms with Crippen LogP contribution in [0.2, 0.25) is 0 Å². The first-order chi connectivity index (χ1) is 7.79. The zero-order chi connectivity index (χ0) is 11.4. The standard InChI is InChI=1S/C11H16N4S.ClH/c1-3-10(11-15-8(2)6-16-11)13-5-9-4-12-7-14-9;/h4,6-7,10,13H,3,5H2,1-2H3,(H,12,14);1H. The number of hydrogen-bond donors (Lipinski definition) is 2. The maximum Gasteiger partial charge on any atom is 0.110 e. The Kier molecular flexibility index (Phi) is 5.61. The number of imidazole rings is 1. The molecule has 2 aromatic rings. The Labute approximate surface area is 111 Å². The van der Waals surface area contributed by atoms with Gasteiger partial charge in [-0.05, 0) is 13.3 Å². The number of aromatic nitrogens is 3. The highest BCUT2D eigenvalue weighted by atomic mass is 35.5. The molecule has 2 aromatic heterocycles. The Bertz CT molecular complexity index is 426. The van der Waals surface area contributed by atoms with Gasteiger partial charge in [-0.15, -0.1) is 23.7 Å². The van der Waals surface area contributed by atoms with Gasteiger partial charge in [0.2, 0.25) is 0 Å². The van der Waals surface area contributed by atoms with Gasteiger partial charge < -0.3 is 10.3 Å². The molecule has 1 unspecified atom stereocenters. The fourth-order valence-corrected chi connectivity index (χ4v) is 2.51. The predicted octanol–water partition coefficient (Wildman–Crippen LogP) is 2.84. The lowest BCUT2D eigenvalue weighted by Gasteiger charge is -2.13. The van der Waals surface area contributed by atoms with Crippen LogP contribution in [0.1, 0.15) is 35.8 Å². The second-order valence-corrected chi connectivity index (χ2v) is 4.64. The summed E-state index contributed by atoms with van der Waals surface area (Å²) in [4.78, 5) is 11.6. The highest BCUT2D eigenvalue weighted by molar-refractivity contribution is 7.09. The minimum absolute atomic E-state index is 0. The Morgan fingerprint density at radius 3 is 2.88 bits per heavy atom. The number of nitrogens with zero attached hydrogens (tertiary/aromatic N) is 2. The summed E-state index contributed by atoms with van der Waals surface area (Å²) in [6.07, 6.45) is 4.58. The Balaban J connectivity index is 0.00000144. The van der Waals surface area contributed by atoms with Crippen molar-refractivity contribution in [1.29, 1.82) is 0 Å². The molecule has 2 N–H and O–H groups in total. The van der Waals surface area contributed by atoms with Crippen molar-refractivity contribution < 1.29 is 0 Å². The molecule has 0 saturated carbocycles. The van der Waals surface area contributed by atoms with E-state index in [4.69, 9.17) is 0 Å². The third-order valence-electron chi connectivity index (χ3n) is 2.44. The Hall–Kier alpha value is -0.910. The number of aryl methyl sites for hydroxylation is 1. The maximum absolute atomic E-state index is 4.51. The van der Waals surface area contributed by atoms with Crippen LogP contribution in [0.25, 0.3) is 0 Å². The van der Waals surface area contributed by atoms with Crippen molar-refractivity contribution in [2.45, 2.75) is 32.9 Å². The number of H-pyrrole nitrogens is 1. The van der Waals surface area contributed by atoms with E-state index in [0.29, 0.717) is 6.04 Å². The van der Waals surface area contributed by atoms with Crippen molar-refractivity contribution in [3.63, 3.8) is 0 Å². The summed E-state index contributed by atoms with van der Waals surface area (Å²) >= 11 is 1.72. The SMILES string of the molecule is CCC(NCc1cnc[nH]1)c1nc(C)cs1.Cl. The second-order valence-electron chi connectivity index (χ2n) is 3.75. The quantitative estimate of drug-likeness (QED) is 0.880. The zero-order valence-electron chi connectivity index (χ0n) is 9.93. The van der Waals surface area contributed by atoms with Gasteiger partial charge in [0.1, 0.15) is 5.01 Å². The van der Waals surface area contributed by atoms with Crippen molar-refractivity contribution in [2.24, 2.45) is 0 Å². The number of nitrogens with one attached hydrogen (secondary N) is 2. The summed E-state index contributed by atoms with van der Waals surface area (Å²) in [6, 6.07) is 0.335. The molecule has 0 aliphatic rings. The maximum atomic E-state index is 4.51. The van der Waals surface area contributed by atoms with E-state index in [2.05, 4.69) is 32.6 Å². The van der Waals surface area contributed by atoms with Gasteiger partial charge in [0, 0.05) is 29.5 Å². The van der Waals surface area contributed by atoms with Gasteiger partial charge >= 0.3 is 0 Å². The first-order valence-corrected chi connectivity index (χ1v) is 6.30. The molecule has 17 heavy (non-hydrogen) atoms. The molecule has 0 saturated heterocycles. The monoisotopic (exact) mass is 272 g/mol. The van der Waals surface area contributed by atoms with Crippen LogP contribution in [0.4, 0.5) is 0 Å². The third kappa shape index (κ3) is 3.80. The number of thiazole rings is 1. The molecular weight excluding hydrogens is 256 g/mol. The highest BCUT2D eigenvalue weighted by Gasteiger charge is 2.12. The van der Waals surface area contributed by atoms with Crippen LogP contribution in [0.5, 0.6) is 0 Å². The molecule has 0 amide bonds. The van der Waals surface area contributed by atoms with E-state index in [9.17, 15) is 0 Å². The minimum Gasteiger partial charge on any atom is -0.347 e. The largest absolute Gasteiger partial charge is 0.347 e. The second kappa shape index (κ2) is 6.74. The fraction of sp³-hybridized carbons (Fsp3) is 0.455. The van der Waals surface area contributed by atoms with Crippen LogP contribution < -0.4 is 5.32 Å². The highest BCUT2D eigenvalue weighted by Crippen LogP contribution is 2.20. The van der Waals surface area contributed by atoms with E-state index in [1.54, 1.807) is 17.7 Å².